The Balaban J connectivity index is 2.22. The Morgan fingerprint density at radius 2 is 1.23 bits per heavy atom. The summed E-state index contributed by atoms with van der Waals surface area (Å²) in [7, 11) is 0. The Bertz CT molecular complexity index is 1040. The lowest BCUT2D eigenvalue weighted by Crippen LogP contribution is -2.41. The van der Waals surface area contributed by atoms with Crippen molar-refractivity contribution in [1.82, 2.24) is 10.6 Å². The van der Waals surface area contributed by atoms with Gasteiger partial charge in [0.15, 0.2) is 0 Å². The molecule has 0 aromatic heterocycles. The Morgan fingerprint density at radius 3 is 1.81 bits per heavy atom. The SMILES string of the molecule is CC(C)(C)NC(=O)c1ccccc1C#CC(=O)Cc1ccccc1C(=O)NC(C)(C)C. The molecular weight excluding hydrogens is 388 g/mol. The average molecular weight is 419 g/mol. The standard InChI is InChI=1S/C26H30N2O3/c1-25(2,3)27-23(30)21-13-9-7-11-18(21)15-16-20(29)17-19-12-8-10-14-22(19)24(31)28-26(4,5)6/h7-14H,17H2,1-6H3,(H,27,30)(H,28,31). The molecule has 0 aliphatic heterocycles. The van der Waals surface area contributed by atoms with E-state index >= 15 is 0 Å². The van der Waals surface area contributed by atoms with Crippen molar-refractivity contribution < 1.29 is 14.4 Å². The highest BCUT2D eigenvalue weighted by molar-refractivity contribution is 6.02. The number of Topliss-reactive ketones (excluding diaryl/α,β-unsaturated/α-hetero) is 1. The largest absolute Gasteiger partial charge is 0.347 e. The highest BCUT2D eigenvalue weighted by atomic mass is 16.2. The predicted octanol–water partition coefficient (Wildman–Crippen LogP) is 3.91. The maximum atomic E-state index is 12.6. The van der Waals surface area contributed by atoms with Crippen molar-refractivity contribution in [3.63, 3.8) is 0 Å². The minimum absolute atomic E-state index is 0.0110. The summed E-state index contributed by atoms with van der Waals surface area (Å²) in [5, 5.41) is 5.82. The molecule has 0 aliphatic rings. The lowest BCUT2D eigenvalue weighted by Gasteiger charge is -2.21. The second-order valence-electron chi connectivity index (χ2n) is 9.46. The topological polar surface area (TPSA) is 75.3 Å². The molecule has 0 aliphatic carbocycles. The zero-order chi connectivity index (χ0) is 23.2. The van der Waals surface area contributed by atoms with Crippen molar-refractivity contribution in [3.05, 3.63) is 70.8 Å². The van der Waals surface area contributed by atoms with Gasteiger partial charge in [0.05, 0.1) is 5.56 Å². The number of hydrogen-bond acceptors (Lipinski definition) is 3. The molecule has 0 bridgehead atoms. The zero-order valence-corrected chi connectivity index (χ0v) is 19.1. The zero-order valence-electron chi connectivity index (χ0n) is 19.1. The molecule has 162 valence electrons. The van der Waals surface area contributed by atoms with Crippen LogP contribution in [0, 0.1) is 11.8 Å². The molecule has 2 aromatic rings. The number of ketones is 1. The molecule has 0 saturated heterocycles. The van der Waals surface area contributed by atoms with Gasteiger partial charge in [-0.05, 0) is 71.2 Å². The first-order valence-corrected chi connectivity index (χ1v) is 10.2. The molecule has 0 atom stereocenters. The molecule has 0 spiro atoms. The van der Waals surface area contributed by atoms with Crippen LogP contribution in [-0.4, -0.2) is 28.7 Å². The van der Waals surface area contributed by atoms with Crippen molar-refractivity contribution in [2.45, 2.75) is 59.0 Å². The molecule has 0 heterocycles. The fourth-order valence-corrected chi connectivity index (χ4v) is 2.86. The van der Waals surface area contributed by atoms with Gasteiger partial charge in [-0.3, -0.25) is 14.4 Å². The summed E-state index contributed by atoms with van der Waals surface area (Å²) in [6.07, 6.45) is 0.0110. The van der Waals surface area contributed by atoms with Crippen LogP contribution in [0.25, 0.3) is 0 Å². The van der Waals surface area contributed by atoms with E-state index in [1.54, 1.807) is 48.5 Å². The van der Waals surface area contributed by atoms with E-state index in [0.717, 1.165) is 0 Å². The van der Waals surface area contributed by atoms with Gasteiger partial charge >= 0.3 is 0 Å². The predicted molar refractivity (Wildman–Crippen MR) is 123 cm³/mol. The maximum Gasteiger partial charge on any atom is 0.252 e. The fourth-order valence-electron chi connectivity index (χ4n) is 2.86. The maximum absolute atomic E-state index is 12.6. The van der Waals surface area contributed by atoms with Crippen LogP contribution in [0.2, 0.25) is 0 Å². The van der Waals surface area contributed by atoms with Gasteiger partial charge in [-0.1, -0.05) is 36.3 Å². The fraction of sp³-hybridized carbons (Fsp3) is 0.346. The summed E-state index contributed by atoms with van der Waals surface area (Å²) < 4.78 is 0. The molecule has 2 aromatic carbocycles. The molecule has 2 N–H and O–H groups in total. The van der Waals surface area contributed by atoms with Crippen LogP contribution in [-0.2, 0) is 11.2 Å². The number of amides is 2. The highest BCUT2D eigenvalue weighted by Gasteiger charge is 2.19. The van der Waals surface area contributed by atoms with Crippen LogP contribution in [0.4, 0.5) is 0 Å². The number of nitrogens with one attached hydrogen (secondary N) is 2. The van der Waals surface area contributed by atoms with Crippen LogP contribution < -0.4 is 10.6 Å². The van der Waals surface area contributed by atoms with Gasteiger partial charge in [0.25, 0.3) is 11.8 Å². The van der Waals surface area contributed by atoms with Crippen molar-refractivity contribution in [3.8, 4) is 11.8 Å². The lowest BCUT2D eigenvalue weighted by atomic mass is 10.00. The molecule has 2 rings (SSSR count). The Morgan fingerprint density at radius 1 is 0.742 bits per heavy atom. The van der Waals surface area contributed by atoms with Crippen molar-refractivity contribution >= 4 is 17.6 Å². The van der Waals surface area contributed by atoms with E-state index in [9.17, 15) is 14.4 Å². The van der Waals surface area contributed by atoms with Gasteiger partial charge in [-0.2, -0.15) is 0 Å². The molecule has 5 nitrogen and oxygen atoms in total. The molecule has 2 amide bonds. The summed E-state index contributed by atoms with van der Waals surface area (Å²) in [5.74, 6) is 4.64. The third-order valence-electron chi connectivity index (χ3n) is 4.10. The van der Waals surface area contributed by atoms with E-state index in [4.69, 9.17) is 0 Å². The van der Waals surface area contributed by atoms with Gasteiger partial charge in [-0.15, -0.1) is 0 Å². The molecule has 0 fully saturated rings. The van der Waals surface area contributed by atoms with Gasteiger partial charge < -0.3 is 10.6 Å². The molecule has 0 radical (unpaired) electrons. The Labute approximate surface area is 184 Å². The van der Waals surface area contributed by atoms with E-state index in [0.29, 0.717) is 22.3 Å². The molecule has 31 heavy (non-hydrogen) atoms. The van der Waals surface area contributed by atoms with Crippen LogP contribution >= 0.6 is 0 Å². The molecule has 5 heteroatoms. The number of carbonyl (C=O) groups excluding carboxylic acids is 3. The average Bonchev–Trinajstić information content (AvgIpc) is 2.64. The van der Waals surface area contributed by atoms with Crippen LogP contribution in [0.1, 0.15) is 73.4 Å². The Kier molecular flexibility index (Phi) is 7.41. The van der Waals surface area contributed by atoms with E-state index in [1.165, 1.54) is 0 Å². The number of benzene rings is 2. The van der Waals surface area contributed by atoms with Crippen molar-refractivity contribution in [2.75, 3.05) is 0 Å². The summed E-state index contributed by atoms with van der Waals surface area (Å²) in [5.41, 5.74) is 1.20. The summed E-state index contributed by atoms with van der Waals surface area (Å²) in [6.45, 7) is 11.4. The first-order valence-electron chi connectivity index (χ1n) is 10.2. The second-order valence-corrected chi connectivity index (χ2v) is 9.46. The highest BCUT2D eigenvalue weighted by Crippen LogP contribution is 2.13. The van der Waals surface area contributed by atoms with Gasteiger partial charge in [0.2, 0.25) is 5.78 Å². The van der Waals surface area contributed by atoms with E-state index in [-0.39, 0.29) is 35.1 Å². The third kappa shape index (κ3) is 7.75. The van der Waals surface area contributed by atoms with E-state index < -0.39 is 0 Å². The van der Waals surface area contributed by atoms with E-state index in [1.807, 2.05) is 41.5 Å². The molecular formula is C26H30N2O3. The first kappa shape index (κ1) is 23.9. The monoisotopic (exact) mass is 418 g/mol. The summed E-state index contributed by atoms with van der Waals surface area (Å²) in [4.78, 5) is 37.7. The smallest absolute Gasteiger partial charge is 0.252 e. The minimum Gasteiger partial charge on any atom is -0.347 e. The van der Waals surface area contributed by atoms with Gasteiger partial charge in [0.1, 0.15) is 0 Å². The summed E-state index contributed by atoms with van der Waals surface area (Å²) >= 11 is 0. The third-order valence-corrected chi connectivity index (χ3v) is 4.10. The normalized spacial score (nSPS) is 11.2. The molecule has 0 saturated carbocycles. The number of rotatable bonds is 4. The van der Waals surface area contributed by atoms with Gasteiger partial charge in [0, 0.05) is 28.6 Å². The minimum atomic E-state index is -0.384. The number of carbonyl (C=O) groups is 3. The molecule has 0 unspecified atom stereocenters. The van der Waals surface area contributed by atoms with Crippen molar-refractivity contribution in [2.24, 2.45) is 0 Å². The Hall–Kier alpha value is -3.39. The lowest BCUT2D eigenvalue weighted by molar-refractivity contribution is -0.113. The van der Waals surface area contributed by atoms with Crippen molar-refractivity contribution in [1.29, 1.82) is 0 Å². The second kappa shape index (κ2) is 9.61. The summed E-state index contributed by atoms with van der Waals surface area (Å²) in [6, 6.07) is 13.9. The van der Waals surface area contributed by atoms with Crippen LogP contribution in [0.15, 0.2) is 48.5 Å². The van der Waals surface area contributed by atoms with Crippen LogP contribution in [0.3, 0.4) is 0 Å². The van der Waals surface area contributed by atoms with E-state index in [2.05, 4.69) is 22.5 Å². The van der Waals surface area contributed by atoms with Gasteiger partial charge in [-0.25, -0.2) is 0 Å². The first-order chi connectivity index (χ1) is 14.4. The quantitative estimate of drug-likeness (QED) is 0.740. The van der Waals surface area contributed by atoms with Crippen LogP contribution in [0.5, 0.6) is 0 Å². The number of hydrogen-bond donors (Lipinski definition) is 2.